The summed E-state index contributed by atoms with van der Waals surface area (Å²) in [6, 6.07) is 13.8. The van der Waals surface area contributed by atoms with Crippen LogP contribution in [0, 0.1) is 5.41 Å². The van der Waals surface area contributed by atoms with Gasteiger partial charge in [0, 0.05) is 35.1 Å². The lowest BCUT2D eigenvalue weighted by Crippen LogP contribution is -2.57. The first-order chi connectivity index (χ1) is 21.5. The molecule has 0 spiro atoms. The molecule has 8 nitrogen and oxygen atoms in total. The fraction of sp³-hybridized carbons (Fsp3) is 0.583. The van der Waals surface area contributed by atoms with Gasteiger partial charge in [-0.25, -0.2) is 4.79 Å². The van der Waals surface area contributed by atoms with E-state index < -0.39 is 5.60 Å². The number of amides is 1. The molecule has 2 aliphatic carbocycles. The van der Waals surface area contributed by atoms with E-state index in [1.807, 2.05) is 25.7 Å². The van der Waals surface area contributed by atoms with Crippen molar-refractivity contribution < 1.29 is 14.3 Å². The highest BCUT2D eigenvalue weighted by Gasteiger charge is 2.46. The summed E-state index contributed by atoms with van der Waals surface area (Å²) in [5.41, 5.74) is 3.42. The Kier molecular flexibility index (Phi) is 8.00. The molecule has 2 aliphatic heterocycles. The zero-order valence-electron chi connectivity index (χ0n) is 27.3. The number of halogens is 1. The molecule has 7 rings (SSSR count). The van der Waals surface area contributed by atoms with Gasteiger partial charge in [-0.15, -0.1) is 0 Å². The number of fused-ring (bicyclic) bond motifs is 4. The largest absolute Gasteiger partial charge is 0.463 e. The smallest absolute Gasteiger partial charge is 0.410 e. The van der Waals surface area contributed by atoms with E-state index in [1.165, 1.54) is 34.7 Å². The second-order valence-electron chi connectivity index (χ2n) is 15.1. The third kappa shape index (κ3) is 6.27. The van der Waals surface area contributed by atoms with Crippen molar-refractivity contribution in [2.45, 2.75) is 89.3 Å². The summed E-state index contributed by atoms with van der Waals surface area (Å²) in [4.78, 5) is 30.1. The van der Waals surface area contributed by atoms with Gasteiger partial charge in [0.25, 0.3) is 0 Å². The van der Waals surface area contributed by atoms with Crippen LogP contribution >= 0.6 is 15.9 Å². The number of carbonyl (C=O) groups excluding carboxylic acids is 1. The monoisotopic (exact) mass is 675 g/mol. The van der Waals surface area contributed by atoms with Crippen LogP contribution in [0.1, 0.15) is 75.6 Å². The Balaban J connectivity index is 1.20. The van der Waals surface area contributed by atoms with Crippen LogP contribution in [0.4, 0.5) is 10.6 Å². The predicted molar refractivity (Wildman–Crippen MR) is 181 cm³/mol. The van der Waals surface area contributed by atoms with E-state index in [0.717, 1.165) is 67.7 Å². The average Bonchev–Trinajstić information content (AvgIpc) is 3.69. The molecule has 4 aliphatic rings. The summed E-state index contributed by atoms with van der Waals surface area (Å²) in [6.07, 6.45) is 6.96. The minimum Gasteiger partial charge on any atom is -0.463 e. The molecule has 1 amide bonds. The second kappa shape index (κ2) is 11.7. The first kappa shape index (κ1) is 30.7. The van der Waals surface area contributed by atoms with Crippen molar-refractivity contribution >= 4 is 38.6 Å². The van der Waals surface area contributed by atoms with Crippen LogP contribution < -0.4 is 9.64 Å². The zero-order valence-corrected chi connectivity index (χ0v) is 28.9. The summed E-state index contributed by atoms with van der Waals surface area (Å²) in [5, 5.41) is 2.56. The van der Waals surface area contributed by atoms with Crippen molar-refractivity contribution in [2.24, 2.45) is 5.41 Å². The topological polar surface area (TPSA) is 71.0 Å². The highest BCUT2D eigenvalue weighted by molar-refractivity contribution is 9.10. The van der Waals surface area contributed by atoms with Crippen LogP contribution in [0.3, 0.4) is 0 Å². The van der Waals surface area contributed by atoms with Gasteiger partial charge < -0.3 is 19.3 Å². The van der Waals surface area contributed by atoms with Crippen molar-refractivity contribution in [3.05, 3.63) is 57.7 Å². The molecule has 1 aromatic heterocycles. The third-order valence-corrected chi connectivity index (χ3v) is 10.7. The van der Waals surface area contributed by atoms with E-state index in [1.54, 1.807) is 0 Å². The van der Waals surface area contributed by atoms with Gasteiger partial charge in [0.15, 0.2) is 0 Å². The van der Waals surface area contributed by atoms with Gasteiger partial charge in [-0.2, -0.15) is 9.97 Å². The maximum atomic E-state index is 13.2. The summed E-state index contributed by atoms with van der Waals surface area (Å²) in [7, 11) is 4.26. The summed E-state index contributed by atoms with van der Waals surface area (Å²) in [5.74, 6) is 1.37. The lowest BCUT2D eigenvalue weighted by Gasteiger charge is -2.42. The molecule has 1 saturated carbocycles. The van der Waals surface area contributed by atoms with Crippen molar-refractivity contribution in [3.8, 4) is 6.01 Å². The molecule has 2 saturated heterocycles. The van der Waals surface area contributed by atoms with Gasteiger partial charge in [0.2, 0.25) is 0 Å². The van der Waals surface area contributed by atoms with Gasteiger partial charge in [0.1, 0.15) is 11.4 Å². The Morgan fingerprint density at radius 3 is 2.42 bits per heavy atom. The quantitative estimate of drug-likeness (QED) is 0.268. The number of rotatable bonds is 7. The Morgan fingerprint density at radius 1 is 1.04 bits per heavy atom. The predicted octanol–water partition coefficient (Wildman–Crippen LogP) is 6.97. The highest BCUT2D eigenvalue weighted by atomic mass is 79.9. The standard InChI is InChI=1S/C36H46BrN5O3/c1-35(2,3)45-34(43)42-25-13-14-26(42)20-41(19-25)32-28-15-12-24(27-10-6-8-23-9-7-11-29(37)31(23)27)18-30(28)38-33(39-32)44-22-36(16-17-36)21-40(4)5/h6-11,24-26H,12-22H2,1-5H3. The molecule has 3 aromatic rings. The van der Waals surface area contributed by atoms with Gasteiger partial charge in [-0.3, -0.25) is 4.90 Å². The minimum absolute atomic E-state index is 0.118. The first-order valence-corrected chi connectivity index (χ1v) is 17.4. The number of nitrogens with zero attached hydrogens (tertiary/aromatic N) is 5. The molecule has 3 unspecified atom stereocenters. The number of ether oxygens (including phenoxy) is 2. The normalized spacial score (nSPS) is 23.8. The first-order valence-electron chi connectivity index (χ1n) is 16.6. The van der Waals surface area contributed by atoms with Crippen LogP contribution in [0.25, 0.3) is 10.8 Å². The van der Waals surface area contributed by atoms with Crippen molar-refractivity contribution in [1.82, 2.24) is 19.8 Å². The number of hydrogen-bond acceptors (Lipinski definition) is 7. The summed E-state index contributed by atoms with van der Waals surface area (Å²) >= 11 is 3.84. The van der Waals surface area contributed by atoms with E-state index >= 15 is 0 Å². The lowest BCUT2D eigenvalue weighted by atomic mass is 9.80. The fourth-order valence-corrected chi connectivity index (χ4v) is 8.54. The number of anilines is 1. The lowest BCUT2D eigenvalue weighted by molar-refractivity contribution is 0.0122. The molecule has 3 heterocycles. The molecule has 0 N–H and O–H groups in total. The number of carbonyl (C=O) groups is 1. The molecule has 2 aromatic carbocycles. The third-order valence-electron chi connectivity index (χ3n) is 10.1. The zero-order chi connectivity index (χ0) is 31.5. The molecule has 9 heteroatoms. The van der Waals surface area contributed by atoms with Crippen molar-refractivity contribution in [3.63, 3.8) is 0 Å². The van der Waals surface area contributed by atoms with E-state index in [9.17, 15) is 4.79 Å². The van der Waals surface area contributed by atoms with E-state index in [0.29, 0.717) is 18.5 Å². The Bertz CT molecular complexity index is 1580. The molecular formula is C36H46BrN5O3. The Hall–Kier alpha value is -2.91. The van der Waals surface area contributed by atoms with Crippen LogP contribution in [-0.2, 0) is 17.6 Å². The van der Waals surface area contributed by atoms with Crippen LogP contribution in [0.2, 0.25) is 0 Å². The van der Waals surface area contributed by atoms with E-state index in [2.05, 4.69) is 76.2 Å². The van der Waals surface area contributed by atoms with E-state index in [4.69, 9.17) is 19.4 Å². The summed E-state index contributed by atoms with van der Waals surface area (Å²) < 4.78 is 13.4. The number of benzene rings is 2. The Labute approximate surface area is 275 Å². The number of hydrogen-bond donors (Lipinski definition) is 0. The average molecular weight is 677 g/mol. The van der Waals surface area contributed by atoms with Gasteiger partial charge in [-0.05, 0) is 108 Å². The maximum absolute atomic E-state index is 13.2. The highest BCUT2D eigenvalue weighted by Crippen LogP contribution is 2.47. The molecule has 240 valence electrons. The van der Waals surface area contributed by atoms with Gasteiger partial charge in [0.05, 0.1) is 24.4 Å². The molecule has 45 heavy (non-hydrogen) atoms. The van der Waals surface area contributed by atoms with Crippen molar-refractivity contribution in [2.75, 3.05) is 45.2 Å². The maximum Gasteiger partial charge on any atom is 0.410 e. The SMILES string of the molecule is CN(C)CC1(COc2nc3c(c(N4CC5CCC(C4)N5C(=O)OC(C)(C)C)n2)CCC(c2cccc4cccc(Br)c24)C3)CC1. The fourth-order valence-electron chi connectivity index (χ4n) is 7.93. The molecular weight excluding hydrogens is 630 g/mol. The van der Waals surface area contributed by atoms with Gasteiger partial charge >= 0.3 is 12.1 Å². The van der Waals surface area contributed by atoms with E-state index in [-0.39, 0.29) is 23.6 Å². The summed E-state index contributed by atoms with van der Waals surface area (Å²) in [6.45, 7) is 8.97. The van der Waals surface area contributed by atoms with Crippen LogP contribution in [-0.4, -0.2) is 83.9 Å². The molecule has 3 fully saturated rings. The molecule has 3 atom stereocenters. The number of piperazine rings is 1. The van der Waals surface area contributed by atoms with Gasteiger partial charge in [-0.1, -0.05) is 46.3 Å². The second-order valence-corrected chi connectivity index (χ2v) is 15.9. The molecule has 2 bridgehead atoms. The minimum atomic E-state index is -0.507. The Morgan fingerprint density at radius 2 is 1.76 bits per heavy atom. The van der Waals surface area contributed by atoms with Crippen LogP contribution in [0.15, 0.2) is 40.9 Å². The van der Waals surface area contributed by atoms with Crippen molar-refractivity contribution in [1.29, 1.82) is 0 Å². The number of aromatic nitrogens is 2. The van der Waals surface area contributed by atoms with Crippen LogP contribution in [0.5, 0.6) is 6.01 Å². The molecule has 0 radical (unpaired) electrons.